The molecule has 0 radical (unpaired) electrons. The molecule has 1 saturated carbocycles. The molecular weight excluding hydrogens is 256 g/mol. The van der Waals surface area contributed by atoms with E-state index in [2.05, 4.69) is 10.3 Å². The van der Waals surface area contributed by atoms with Crippen molar-refractivity contribution < 1.29 is 14.7 Å². The highest BCUT2D eigenvalue weighted by molar-refractivity contribution is 5.92. The smallest absolute Gasteiger partial charge is 0.354 e. The lowest BCUT2D eigenvalue weighted by Crippen LogP contribution is -2.24. The SMILES string of the molecule is O=C(O)c1cccc(NC(=O)C2CCCCCCC2)n1. The van der Waals surface area contributed by atoms with Gasteiger partial charge in [-0.3, -0.25) is 4.79 Å². The zero-order chi connectivity index (χ0) is 14.4. The molecule has 1 aliphatic rings. The van der Waals surface area contributed by atoms with Crippen molar-refractivity contribution in [3.63, 3.8) is 0 Å². The molecule has 5 nitrogen and oxygen atoms in total. The quantitative estimate of drug-likeness (QED) is 0.889. The molecular formula is C15H20N2O3. The Bertz CT molecular complexity index is 480. The summed E-state index contributed by atoms with van der Waals surface area (Å²) in [6.45, 7) is 0. The second kappa shape index (κ2) is 7.03. The predicted octanol–water partition coefficient (Wildman–Crippen LogP) is 3.08. The van der Waals surface area contributed by atoms with Crippen LogP contribution in [0.2, 0.25) is 0 Å². The third kappa shape index (κ3) is 4.05. The summed E-state index contributed by atoms with van der Waals surface area (Å²) in [5, 5.41) is 11.6. The van der Waals surface area contributed by atoms with Gasteiger partial charge >= 0.3 is 5.97 Å². The third-order valence-corrected chi connectivity index (χ3v) is 3.70. The van der Waals surface area contributed by atoms with Gasteiger partial charge in [0.2, 0.25) is 5.91 Å². The Kier molecular flexibility index (Phi) is 5.09. The van der Waals surface area contributed by atoms with Crippen LogP contribution in [0.25, 0.3) is 0 Å². The van der Waals surface area contributed by atoms with E-state index < -0.39 is 5.97 Å². The van der Waals surface area contributed by atoms with E-state index in [1.807, 2.05) is 0 Å². The molecule has 2 N–H and O–H groups in total. The fraction of sp³-hybridized carbons (Fsp3) is 0.533. The van der Waals surface area contributed by atoms with Crippen LogP contribution in [0.15, 0.2) is 18.2 Å². The molecule has 2 rings (SSSR count). The number of aromatic carboxylic acids is 1. The van der Waals surface area contributed by atoms with Gasteiger partial charge in [0.1, 0.15) is 5.82 Å². The van der Waals surface area contributed by atoms with E-state index in [1.54, 1.807) is 12.1 Å². The number of aromatic nitrogens is 1. The Hall–Kier alpha value is -1.91. The Morgan fingerprint density at radius 3 is 2.40 bits per heavy atom. The van der Waals surface area contributed by atoms with Gasteiger partial charge in [-0.2, -0.15) is 0 Å². The summed E-state index contributed by atoms with van der Waals surface area (Å²) in [5.74, 6) is -0.795. The molecule has 5 heteroatoms. The molecule has 0 bridgehead atoms. The Morgan fingerprint density at radius 2 is 1.75 bits per heavy atom. The van der Waals surface area contributed by atoms with Crippen molar-refractivity contribution in [1.29, 1.82) is 0 Å². The lowest BCUT2D eigenvalue weighted by Gasteiger charge is -2.18. The van der Waals surface area contributed by atoms with E-state index in [4.69, 9.17) is 5.11 Å². The summed E-state index contributed by atoms with van der Waals surface area (Å²) in [6, 6.07) is 4.62. The number of carboxylic acid groups (broad SMARTS) is 1. The summed E-state index contributed by atoms with van der Waals surface area (Å²) >= 11 is 0. The number of carbonyl (C=O) groups is 2. The molecule has 0 spiro atoms. The largest absolute Gasteiger partial charge is 0.477 e. The minimum absolute atomic E-state index is 0.0191. The van der Waals surface area contributed by atoms with Crippen molar-refractivity contribution >= 4 is 17.7 Å². The van der Waals surface area contributed by atoms with Crippen molar-refractivity contribution in [2.75, 3.05) is 5.32 Å². The molecule has 1 aromatic heterocycles. The topological polar surface area (TPSA) is 79.3 Å². The van der Waals surface area contributed by atoms with Crippen LogP contribution in [-0.4, -0.2) is 22.0 Å². The van der Waals surface area contributed by atoms with Crippen molar-refractivity contribution in [2.24, 2.45) is 5.92 Å². The second-order valence-corrected chi connectivity index (χ2v) is 5.24. The monoisotopic (exact) mass is 276 g/mol. The molecule has 0 aliphatic heterocycles. The molecule has 0 atom stereocenters. The fourth-order valence-corrected chi connectivity index (χ4v) is 2.57. The standard InChI is InChI=1S/C15H20N2O3/c18-14(11-7-4-2-1-3-5-8-11)17-13-10-6-9-12(16-13)15(19)20/h6,9-11H,1-5,7-8H2,(H,19,20)(H,16,17,18). The van der Waals surface area contributed by atoms with Crippen LogP contribution >= 0.6 is 0 Å². The first-order chi connectivity index (χ1) is 9.66. The average molecular weight is 276 g/mol. The number of anilines is 1. The first kappa shape index (κ1) is 14.5. The summed E-state index contributed by atoms with van der Waals surface area (Å²) < 4.78 is 0. The van der Waals surface area contributed by atoms with Gasteiger partial charge in [0.25, 0.3) is 0 Å². The number of hydrogen-bond acceptors (Lipinski definition) is 3. The maximum Gasteiger partial charge on any atom is 0.354 e. The molecule has 0 unspecified atom stereocenters. The number of nitrogens with zero attached hydrogens (tertiary/aromatic N) is 1. The number of rotatable bonds is 3. The Morgan fingerprint density at radius 1 is 1.10 bits per heavy atom. The third-order valence-electron chi connectivity index (χ3n) is 3.70. The summed E-state index contributed by atoms with van der Waals surface area (Å²) in [4.78, 5) is 27.0. The van der Waals surface area contributed by atoms with Crippen molar-refractivity contribution in [2.45, 2.75) is 44.9 Å². The lowest BCUT2D eigenvalue weighted by molar-refractivity contribution is -0.120. The highest BCUT2D eigenvalue weighted by Crippen LogP contribution is 2.23. The molecule has 1 amide bonds. The van der Waals surface area contributed by atoms with E-state index in [9.17, 15) is 9.59 Å². The minimum atomic E-state index is -1.09. The van der Waals surface area contributed by atoms with Gasteiger partial charge in [0.05, 0.1) is 0 Å². The molecule has 108 valence electrons. The molecule has 0 saturated heterocycles. The first-order valence-corrected chi connectivity index (χ1v) is 7.18. The van der Waals surface area contributed by atoms with Gasteiger partial charge in [-0.25, -0.2) is 9.78 Å². The Balaban J connectivity index is 1.99. The van der Waals surface area contributed by atoms with Crippen LogP contribution in [0, 0.1) is 5.92 Å². The van der Waals surface area contributed by atoms with Crippen LogP contribution in [-0.2, 0) is 4.79 Å². The van der Waals surface area contributed by atoms with Crippen LogP contribution in [0.1, 0.15) is 55.4 Å². The maximum absolute atomic E-state index is 12.2. The highest BCUT2D eigenvalue weighted by atomic mass is 16.4. The van der Waals surface area contributed by atoms with Gasteiger partial charge in [0.15, 0.2) is 5.69 Å². The first-order valence-electron chi connectivity index (χ1n) is 7.18. The van der Waals surface area contributed by atoms with Gasteiger partial charge in [-0.1, -0.05) is 38.2 Å². The van der Waals surface area contributed by atoms with Crippen LogP contribution < -0.4 is 5.32 Å². The highest BCUT2D eigenvalue weighted by Gasteiger charge is 2.20. The maximum atomic E-state index is 12.2. The van der Waals surface area contributed by atoms with Crippen LogP contribution in [0.4, 0.5) is 5.82 Å². The molecule has 0 aromatic carbocycles. The number of amides is 1. The molecule has 1 aliphatic carbocycles. The second-order valence-electron chi connectivity index (χ2n) is 5.24. The normalized spacial score (nSPS) is 17.0. The molecule has 20 heavy (non-hydrogen) atoms. The number of nitrogens with one attached hydrogen (secondary N) is 1. The predicted molar refractivity (Wildman–Crippen MR) is 75.6 cm³/mol. The Labute approximate surface area is 118 Å². The van der Waals surface area contributed by atoms with E-state index in [1.165, 1.54) is 25.3 Å². The number of pyridine rings is 1. The molecule has 1 heterocycles. The molecule has 1 fully saturated rings. The molecule has 1 aromatic rings. The number of hydrogen-bond donors (Lipinski definition) is 2. The average Bonchev–Trinajstić information content (AvgIpc) is 2.38. The van der Waals surface area contributed by atoms with Gasteiger partial charge in [-0.05, 0) is 25.0 Å². The van der Waals surface area contributed by atoms with E-state index in [0.29, 0.717) is 5.82 Å². The zero-order valence-electron chi connectivity index (χ0n) is 11.5. The van der Waals surface area contributed by atoms with E-state index in [0.717, 1.165) is 25.7 Å². The number of carbonyl (C=O) groups excluding carboxylic acids is 1. The number of carboxylic acids is 1. The van der Waals surface area contributed by atoms with E-state index >= 15 is 0 Å². The van der Waals surface area contributed by atoms with Crippen molar-refractivity contribution in [1.82, 2.24) is 4.98 Å². The minimum Gasteiger partial charge on any atom is -0.477 e. The fourth-order valence-electron chi connectivity index (χ4n) is 2.57. The van der Waals surface area contributed by atoms with Gasteiger partial charge in [-0.15, -0.1) is 0 Å². The summed E-state index contributed by atoms with van der Waals surface area (Å²) in [7, 11) is 0. The van der Waals surface area contributed by atoms with Crippen LogP contribution in [0.5, 0.6) is 0 Å². The van der Waals surface area contributed by atoms with E-state index in [-0.39, 0.29) is 17.5 Å². The lowest BCUT2D eigenvalue weighted by atomic mass is 9.90. The van der Waals surface area contributed by atoms with Crippen LogP contribution in [0.3, 0.4) is 0 Å². The van der Waals surface area contributed by atoms with Gasteiger partial charge < -0.3 is 10.4 Å². The summed E-state index contributed by atoms with van der Waals surface area (Å²) in [5.41, 5.74) is -0.0551. The zero-order valence-corrected chi connectivity index (χ0v) is 11.5. The van der Waals surface area contributed by atoms with Crippen molar-refractivity contribution in [3.8, 4) is 0 Å². The van der Waals surface area contributed by atoms with Crippen molar-refractivity contribution in [3.05, 3.63) is 23.9 Å². The van der Waals surface area contributed by atoms with Gasteiger partial charge in [0, 0.05) is 5.92 Å². The summed E-state index contributed by atoms with van der Waals surface area (Å²) in [6.07, 6.45) is 7.62.